The summed E-state index contributed by atoms with van der Waals surface area (Å²) in [7, 11) is 0. The van der Waals surface area contributed by atoms with Crippen molar-refractivity contribution in [3.8, 4) is 0 Å². The molecule has 0 saturated heterocycles. The zero-order valence-corrected chi connectivity index (χ0v) is 28.5. The molecule has 0 N–H and O–H groups in total. The summed E-state index contributed by atoms with van der Waals surface area (Å²) in [4.78, 5) is 11.8. The van der Waals surface area contributed by atoms with Crippen molar-refractivity contribution >= 4 is 5.97 Å². The molecule has 0 spiro atoms. The number of ether oxygens (including phenoxy) is 1. The van der Waals surface area contributed by atoms with Gasteiger partial charge >= 0.3 is 101 Å². The second-order valence-corrected chi connectivity index (χ2v) is 12.2. The lowest BCUT2D eigenvalue weighted by atomic mass is 9.84. The van der Waals surface area contributed by atoms with E-state index < -0.39 is 156 Å². The Kier molecular flexibility index (Phi) is 14.1. The van der Waals surface area contributed by atoms with Gasteiger partial charge in [-0.25, -0.2) is 4.79 Å². The maximum absolute atomic E-state index is 15.2. The summed E-state index contributed by atoms with van der Waals surface area (Å²) in [5, 5.41) is 0. The third kappa shape index (κ3) is 7.67. The maximum atomic E-state index is 15.2. The summed E-state index contributed by atoms with van der Waals surface area (Å²) in [6.45, 7) is -0.397. The molecule has 1 aliphatic carbocycles. The van der Waals surface area contributed by atoms with Crippen LogP contribution in [-0.2, 0) is 9.53 Å². The summed E-state index contributed by atoms with van der Waals surface area (Å²) in [6, 6.07) is 0. The predicted molar refractivity (Wildman–Crippen MR) is 131 cm³/mol. The van der Waals surface area contributed by atoms with E-state index in [2.05, 4.69) is 4.74 Å². The number of halogens is 34. The van der Waals surface area contributed by atoms with Crippen molar-refractivity contribution in [2.24, 2.45) is 0 Å². The van der Waals surface area contributed by atoms with Gasteiger partial charge in [-0.2, -0.15) is 149 Å². The SMILES string of the molecule is CCOC(=O)/C=C1\CCC(C(F)(F)C(F)(F)C(F)(F)C(F)(F)C(F)(F)C(F)(F)C(F)(F)C(F)(F)F)=CC=C1C(F)(F)C(F)(F)C(F)(F)C(F)(F)C(F)(F)C(F)(F)C(F)(F)C(F)(F)F. The molecule has 0 saturated carbocycles. The summed E-state index contributed by atoms with van der Waals surface area (Å²) < 4.78 is 473. The highest BCUT2D eigenvalue weighted by Crippen LogP contribution is 2.67. The molecule has 0 bridgehead atoms. The van der Waals surface area contributed by atoms with E-state index >= 15 is 8.78 Å². The molecular formula is C27H12F34O2. The van der Waals surface area contributed by atoms with E-state index in [0.717, 1.165) is 0 Å². The first-order chi connectivity index (χ1) is 27.1. The first-order valence-electron chi connectivity index (χ1n) is 14.8. The molecular weight excluding hydrogens is 1000 g/mol. The number of rotatable bonds is 16. The lowest BCUT2D eigenvalue weighted by Gasteiger charge is -2.43. The van der Waals surface area contributed by atoms with Gasteiger partial charge in [-0.05, 0) is 25.3 Å². The summed E-state index contributed by atoms with van der Waals surface area (Å²) in [5.41, 5.74) is -9.88. The Morgan fingerprint density at radius 2 is 0.683 bits per heavy atom. The fraction of sp³-hybridized carbons (Fsp3) is 0.741. The Morgan fingerprint density at radius 1 is 0.413 bits per heavy atom. The van der Waals surface area contributed by atoms with Gasteiger partial charge in [0.15, 0.2) is 0 Å². The van der Waals surface area contributed by atoms with Gasteiger partial charge in [-0.15, -0.1) is 0 Å². The fourth-order valence-electron chi connectivity index (χ4n) is 4.52. The molecule has 63 heavy (non-hydrogen) atoms. The number of carbonyl (C=O) groups is 1. The van der Waals surface area contributed by atoms with Crippen molar-refractivity contribution in [1.82, 2.24) is 0 Å². The fourth-order valence-corrected chi connectivity index (χ4v) is 4.52. The Morgan fingerprint density at radius 3 is 0.968 bits per heavy atom. The van der Waals surface area contributed by atoms with Crippen LogP contribution in [0.1, 0.15) is 19.8 Å². The molecule has 2 nitrogen and oxygen atoms in total. The number of esters is 1. The number of hydrogen-bond acceptors (Lipinski definition) is 2. The van der Waals surface area contributed by atoms with Crippen molar-refractivity contribution < 1.29 is 159 Å². The first-order valence-corrected chi connectivity index (χ1v) is 14.8. The lowest BCUT2D eigenvalue weighted by molar-refractivity contribution is -0.460. The smallest absolute Gasteiger partial charge is 0.460 e. The van der Waals surface area contributed by atoms with Gasteiger partial charge in [0.25, 0.3) is 0 Å². The minimum Gasteiger partial charge on any atom is -0.463 e. The quantitative estimate of drug-likeness (QED) is 0.0875. The van der Waals surface area contributed by atoms with Gasteiger partial charge in [0.2, 0.25) is 0 Å². The highest BCUT2D eigenvalue weighted by atomic mass is 19.4. The van der Waals surface area contributed by atoms with Crippen LogP contribution in [0.4, 0.5) is 149 Å². The zero-order valence-electron chi connectivity index (χ0n) is 28.5. The molecule has 1 rings (SSSR count). The Balaban J connectivity index is 4.27. The van der Waals surface area contributed by atoms with Crippen LogP contribution in [0.5, 0.6) is 0 Å². The van der Waals surface area contributed by atoms with E-state index in [0.29, 0.717) is 6.92 Å². The van der Waals surface area contributed by atoms with Gasteiger partial charge < -0.3 is 4.74 Å². The molecule has 1 aliphatic rings. The Bertz CT molecular complexity index is 1800. The molecule has 0 aromatic carbocycles. The van der Waals surface area contributed by atoms with Gasteiger partial charge in [0, 0.05) is 17.2 Å². The normalized spacial score (nSPS) is 18.3. The number of alkyl halides is 34. The van der Waals surface area contributed by atoms with Crippen LogP contribution in [0.3, 0.4) is 0 Å². The molecule has 0 atom stereocenters. The predicted octanol–water partition coefficient (Wildman–Crippen LogP) is 13.1. The van der Waals surface area contributed by atoms with Crippen LogP contribution < -0.4 is 0 Å². The summed E-state index contributed by atoms with van der Waals surface area (Å²) >= 11 is 0. The van der Waals surface area contributed by atoms with Crippen LogP contribution in [0.2, 0.25) is 0 Å². The van der Waals surface area contributed by atoms with E-state index in [1.807, 2.05) is 0 Å². The molecule has 36 heteroatoms. The molecule has 0 unspecified atom stereocenters. The molecule has 0 aliphatic heterocycles. The topological polar surface area (TPSA) is 26.3 Å². The Labute approximate surface area is 322 Å². The van der Waals surface area contributed by atoms with E-state index in [-0.39, 0.29) is 0 Å². The zero-order chi connectivity index (χ0) is 51.3. The van der Waals surface area contributed by atoms with Gasteiger partial charge in [-0.1, -0.05) is 12.2 Å². The Hall–Kier alpha value is -3.69. The molecule has 0 aromatic rings. The summed E-state index contributed by atoms with van der Waals surface area (Å²) in [6.07, 6.45) is -26.2. The van der Waals surface area contributed by atoms with Crippen LogP contribution >= 0.6 is 0 Å². The van der Waals surface area contributed by atoms with Crippen molar-refractivity contribution in [2.45, 2.75) is 115 Å². The van der Waals surface area contributed by atoms with Crippen LogP contribution in [0.25, 0.3) is 0 Å². The largest absolute Gasteiger partial charge is 0.463 e. The third-order valence-corrected chi connectivity index (χ3v) is 8.23. The van der Waals surface area contributed by atoms with Gasteiger partial charge in [-0.3, -0.25) is 0 Å². The van der Waals surface area contributed by atoms with Crippen molar-refractivity contribution in [3.63, 3.8) is 0 Å². The molecule has 0 aromatic heterocycles. The van der Waals surface area contributed by atoms with E-state index in [4.69, 9.17) is 0 Å². The average molecular weight is 1010 g/mol. The van der Waals surface area contributed by atoms with Crippen LogP contribution in [-0.4, -0.2) is 108 Å². The molecule has 0 fully saturated rings. The maximum Gasteiger partial charge on any atom is 0.460 e. The average Bonchev–Trinajstić information content (AvgIpc) is 3.29. The second-order valence-electron chi connectivity index (χ2n) is 12.2. The minimum absolute atomic E-state index is 0.686. The van der Waals surface area contributed by atoms with Crippen molar-refractivity contribution in [3.05, 3.63) is 34.9 Å². The second kappa shape index (κ2) is 15.5. The number of hydrogen-bond donors (Lipinski definition) is 0. The minimum atomic E-state index is -9.34. The van der Waals surface area contributed by atoms with E-state index in [1.165, 1.54) is 0 Å². The molecule has 370 valence electrons. The number of carbonyl (C=O) groups excluding carboxylic acids is 1. The van der Waals surface area contributed by atoms with Crippen molar-refractivity contribution in [2.75, 3.05) is 6.61 Å². The lowest BCUT2D eigenvalue weighted by Crippen LogP contribution is -2.74. The highest BCUT2D eigenvalue weighted by molar-refractivity contribution is 5.84. The van der Waals surface area contributed by atoms with E-state index in [1.54, 1.807) is 0 Å². The van der Waals surface area contributed by atoms with Gasteiger partial charge in [0.05, 0.1) is 6.61 Å². The highest BCUT2D eigenvalue weighted by Gasteiger charge is 2.97. The van der Waals surface area contributed by atoms with Gasteiger partial charge in [0.1, 0.15) is 0 Å². The molecule has 0 amide bonds. The molecule has 0 radical (unpaired) electrons. The first kappa shape index (κ1) is 57.3. The standard InChI is InChI=1S/C27H12F34O2/c1-2-63-11(62)7-8-3-4-9(12(28,29)14(32,33)16(36,37)18(40,41)20(44,45)22(48,49)24(52,53)26(56,57)58)5-6-10(8)13(30,31)15(34,35)17(38,39)19(42,43)21(46,47)23(50,51)25(54,55)27(59,60)61/h5-7H,2-4H2,1H3/b8-7+. The molecule has 0 heterocycles. The van der Waals surface area contributed by atoms with Crippen LogP contribution in [0, 0.1) is 0 Å². The van der Waals surface area contributed by atoms with E-state index in [9.17, 15) is 145 Å². The number of allylic oxidation sites excluding steroid dienone is 5. The van der Waals surface area contributed by atoms with Crippen LogP contribution in [0.15, 0.2) is 34.9 Å². The monoisotopic (exact) mass is 1010 g/mol. The van der Waals surface area contributed by atoms with Crippen molar-refractivity contribution in [1.29, 1.82) is 0 Å². The third-order valence-electron chi connectivity index (χ3n) is 8.23. The summed E-state index contributed by atoms with van der Waals surface area (Å²) in [5.74, 6) is -127.